The zero-order valence-electron chi connectivity index (χ0n) is 9.74. The Hall–Kier alpha value is -1.44. The van der Waals surface area contributed by atoms with Gasteiger partial charge in [0.2, 0.25) is 0 Å². The first-order valence-corrected chi connectivity index (χ1v) is 5.73. The molecule has 1 aromatic carbocycles. The molecule has 0 atom stereocenters. The Morgan fingerprint density at radius 3 is 2.25 bits per heavy atom. The third-order valence-electron chi connectivity index (χ3n) is 2.48. The molecule has 1 aromatic rings. The molecule has 0 saturated carbocycles. The molecule has 1 rings (SSSR count). The molecule has 0 saturated heterocycles. The molecule has 2 heteroatoms. The van der Waals surface area contributed by atoms with E-state index in [1.165, 1.54) is 0 Å². The van der Waals surface area contributed by atoms with Crippen LogP contribution in [0.2, 0.25) is 0 Å². The lowest BCUT2D eigenvalue weighted by molar-refractivity contribution is -0.119. The van der Waals surface area contributed by atoms with Crippen LogP contribution in [-0.2, 0) is 16.0 Å². The molecule has 0 fully saturated rings. The predicted molar refractivity (Wildman–Crippen MR) is 64.3 cm³/mol. The molecule has 0 aliphatic carbocycles. The molecule has 2 nitrogen and oxygen atoms in total. The summed E-state index contributed by atoms with van der Waals surface area (Å²) in [6, 6.07) is 9.76. The summed E-state index contributed by atoms with van der Waals surface area (Å²) in [4.78, 5) is 22.3. The van der Waals surface area contributed by atoms with Crippen molar-refractivity contribution in [3.63, 3.8) is 0 Å². The third kappa shape index (κ3) is 5.44. The van der Waals surface area contributed by atoms with Crippen LogP contribution in [0.3, 0.4) is 0 Å². The fourth-order valence-corrected chi connectivity index (χ4v) is 1.61. The molecule has 0 aromatic heterocycles. The number of hydrogen-bond donors (Lipinski definition) is 0. The number of ketones is 2. The second kappa shape index (κ2) is 6.94. The quantitative estimate of drug-likeness (QED) is 0.659. The van der Waals surface area contributed by atoms with Gasteiger partial charge in [-0.25, -0.2) is 0 Å². The van der Waals surface area contributed by atoms with E-state index >= 15 is 0 Å². The van der Waals surface area contributed by atoms with Crippen LogP contribution < -0.4 is 0 Å². The highest BCUT2D eigenvalue weighted by Crippen LogP contribution is 2.06. The second-order valence-corrected chi connectivity index (χ2v) is 4.11. The van der Waals surface area contributed by atoms with Crippen LogP contribution in [0, 0.1) is 0 Å². The molecule has 86 valence electrons. The summed E-state index contributed by atoms with van der Waals surface area (Å²) in [5.74, 6) is 0.463. The van der Waals surface area contributed by atoms with E-state index in [1.807, 2.05) is 30.3 Å². The van der Waals surface area contributed by atoms with E-state index in [4.69, 9.17) is 0 Å². The third-order valence-corrected chi connectivity index (χ3v) is 2.48. The van der Waals surface area contributed by atoms with E-state index in [0.717, 1.165) is 18.4 Å². The minimum Gasteiger partial charge on any atom is -0.300 e. The van der Waals surface area contributed by atoms with Crippen LogP contribution in [0.5, 0.6) is 0 Å². The molecule has 0 heterocycles. The average molecular weight is 218 g/mol. The maximum Gasteiger partial charge on any atom is 0.137 e. The highest BCUT2D eigenvalue weighted by molar-refractivity contribution is 5.81. The Kier molecular flexibility index (Phi) is 5.48. The lowest BCUT2D eigenvalue weighted by Gasteiger charge is -2.00. The second-order valence-electron chi connectivity index (χ2n) is 4.11. The van der Waals surface area contributed by atoms with Gasteiger partial charge in [0.05, 0.1) is 0 Å². The molecule has 16 heavy (non-hydrogen) atoms. The molecule has 0 unspecified atom stereocenters. The fraction of sp³-hybridized carbons (Fsp3) is 0.429. The smallest absolute Gasteiger partial charge is 0.137 e. The first kappa shape index (κ1) is 12.6. The van der Waals surface area contributed by atoms with Gasteiger partial charge in [0, 0.05) is 19.3 Å². The minimum absolute atomic E-state index is 0.204. The van der Waals surface area contributed by atoms with Crippen LogP contribution in [0.25, 0.3) is 0 Å². The lowest BCUT2D eigenvalue weighted by atomic mass is 10.0. The van der Waals surface area contributed by atoms with Crippen LogP contribution in [0.15, 0.2) is 30.3 Å². The number of carbonyl (C=O) groups excluding carboxylic acids is 2. The summed E-state index contributed by atoms with van der Waals surface area (Å²) in [5.41, 5.74) is 1.07. The Bertz CT molecular complexity index is 341. The van der Waals surface area contributed by atoms with Crippen molar-refractivity contribution in [1.29, 1.82) is 0 Å². The van der Waals surface area contributed by atoms with Gasteiger partial charge in [-0.3, -0.25) is 4.79 Å². The monoisotopic (exact) mass is 218 g/mol. The number of rotatable bonds is 7. The van der Waals surface area contributed by atoms with Gasteiger partial charge in [-0.2, -0.15) is 0 Å². The highest BCUT2D eigenvalue weighted by atomic mass is 16.1. The topological polar surface area (TPSA) is 34.1 Å². The van der Waals surface area contributed by atoms with Crippen molar-refractivity contribution in [2.24, 2.45) is 0 Å². The Morgan fingerprint density at radius 2 is 1.62 bits per heavy atom. The molecular formula is C14H18O2. The first-order chi connectivity index (χ1) is 7.68. The predicted octanol–water partition coefficient (Wildman–Crippen LogP) is 2.95. The Labute approximate surface area is 96.7 Å². The average Bonchev–Trinajstić information content (AvgIpc) is 2.25. The van der Waals surface area contributed by atoms with Crippen molar-refractivity contribution in [3.05, 3.63) is 35.9 Å². The summed E-state index contributed by atoms with van der Waals surface area (Å²) in [5, 5.41) is 0. The largest absolute Gasteiger partial charge is 0.300 e. The van der Waals surface area contributed by atoms with Crippen LogP contribution in [-0.4, -0.2) is 11.6 Å². The van der Waals surface area contributed by atoms with Crippen molar-refractivity contribution in [2.75, 3.05) is 0 Å². The van der Waals surface area contributed by atoms with Crippen LogP contribution in [0.1, 0.15) is 38.2 Å². The molecule has 0 aliphatic heterocycles. The van der Waals surface area contributed by atoms with Gasteiger partial charge in [0.15, 0.2) is 0 Å². The standard InChI is InChI=1S/C14H18O2/c1-12(15)7-5-6-10-14(16)11-13-8-3-2-4-9-13/h2-4,8-9H,5-7,10-11H2,1H3. The van der Waals surface area contributed by atoms with Crippen molar-refractivity contribution in [3.8, 4) is 0 Å². The number of unbranched alkanes of at least 4 members (excludes halogenated alkanes) is 1. The van der Waals surface area contributed by atoms with E-state index in [1.54, 1.807) is 6.92 Å². The van der Waals surface area contributed by atoms with E-state index in [-0.39, 0.29) is 11.6 Å². The molecule has 0 N–H and O–H groups in total. The van der Waals surface area contributed by atoms with Crippen molar-refractivity contribution in [1.82, 2.24) is 0 Å². The zero-order valence-corrected chi connectivity index (χ0v) is 9.74. The van der Waals surface area contributed by atoms with Gasteiger partial charge >= 0.3 is 0 Å². The summed E-state index contributed by atoms with van der Waals surface area (Å²) >= 11 is 0. The molecule has 0 radical (unpaired) electrons. The summed E-state index contributed by atoms with van der Waals surface area (Å²) < 4.78 is 0. The molecule has 0 aliphatic rings. The van der Waals surface area contributed by atoms with E-state index in [2.05, 4.69) is 0 Å². The molecule has 0 amide bonds. The van der Waals surface area contributed by atoms with Crippen molar-refractivity contribution in [2.45, 2.75) is 39.0 Å². The number of benzene rings is 1. The summed E-state index contributed by atoms with van der Waals surface area (Å²) in [7, 11) is 0. The zero-order chi connectivity index (χ0) is 11.8. The lowest BCUT2D eigenvalue weighted by Crippen LogP contribution is -2.02. The van der Waals surface area contributed by atoms with Gasteiger partial charge in [-0.05, 0) is 25.3 Å². The van der Waals surface area contributed by atoms with Gasteiger partial charge in [-0.1, -0.05) is 30.3 Å². The maximum absolute atomic E-state index is 11.6. The van der Waals surface area contributed by atoms with Crippen LogP contribution >= 0.6 is 0 Å². The van der Waals surface area contributed by atoms with E-state index < -0.39 is 0 Å². The van der Waals surface area contributed by atoms with E-state index in [0.29, 0.717) is 19.3 Å². The molecule has 0 spiro atoms. The normalized spacial score (nSPS) is 10.1. The van der Waals surface area contributed by atoms with Gasteiger partial charge < -0.3 is 4.79 Å². The minimum atomic E-state index is 0.204. The highest BCUT2D eigenvalue weighted by Gasteiger charge is 2.03. The van der Waals surface area contributed by atoms with Crippen molar-refractivity contribution >= 4 is 11.6 Å². The van der Waals surface area contributed by atoms with Gasteiger partial charge in [-0.15, -0.1) is 0 Å². The number of Topliss-reactive ketones (excluding diaryl/α,β-unsaturated/α-hetero) is 2. The number of hydrogen-bond acceptors (Lipinski definition) is 2. The summed E-state index contributed by atoms with van der Waals surface area (Å²) in [6.07, 6.45) is 3.35. The summed E-state index contributed by atoms with van der Waals surface area (Å²) in [6.45, 7) is 1.59. The van der Waals surface area contributed by atoms with Crippen molar-refractivity contribution < 1.29 is 9.59 Å². The Balaban J connectivity index is 2.19. The molecule has 0 bridgehead atoms. The fourth-order valence-electron chi connectivity index (χ4n) is 1.61. The van der Waals surface area contributed by atoms with Crippen LogP contribution in [0.4, 0.5) is 0 Å². The SMILES string of the molecule is CC(=O)CCCCC(=O)Cc1ccccc1. The molecular weight excluding hydrogens is 200 g/mol. The first-order valence-electron chi connectivity index (χ1n) is 5.73. The maximum atomic E-state index is 11.6. The van der Waals surface area contributed by atoms with Gasteiger partial charge in [0.25, 0.3) is 0 Å². The Morgan fingerprint density at radius 1 is 1.00 bits per heavy atom. The van der Waals surface area contributed by atoms with E-state index in [9.17, 15) is 9.59 Å². The number of carbonyl (C=O) groups is 2. The van der Waals surface area contributed by atoms with Gasteiger partial charge in [0.1, 0.15) is 11.6 Å².